The zero-order chi connectivity index (χ0) is 15.8. The molecule has 0 bridgehead atoms. The molecule has 3 nitrogen and oxygen atoms in total. The van der Waals surface area contributed by atoms with Gasteiger partial charge >= 0.3 is 6.03 Å². The van der Waals surface area contributed by atoms with Crippen LogP contribution in [-0.2, 0) is 0 Å². The van der Waals surface area contributed by atoms with Gasteiger partial charge in [-0.05, 0) is 36.6 Å². The Morgan fingerprint density at radius 3 is 2.18 bits per heavy atom. The molecule has 0 fully saturated rings. The number of rotatable bonds is 6. The lowest BCUT2D eigenvalue weighted by Crippen LogP contribution is -2.35. The SMILES string of the molecule is CCCCN(CC)C(=O)Nc1ccc(-c2ccccc2)cc1. The Morgan fingerprint density at radius 2 is 1.59 bits per heavy atom. The summed E-state index contributed by atoms with van der Waals surface area (Å²) < 4.78 is 0. The van der Waals surface area contributed by atoms with Crippen molar-refractivity contribution < 1.29 is 4.79 Å². The highest BCUT2D eigenvalue weighted by atomic mass is 16.2. The first-order valence-electron chi connectivity index (χ1n) is 7.96. The number of unbranched alkanes of at least 4 members (excludes halogenated alkanes) is 1. The van der Waals surface area contributed by atoms with Gasteiger partial charge in [0.05, 0.1) is 0 Å². The maximum absolute atomic E-state index is 12.2. The first-order chi connectivity index (χ1) is 10.7. The van der Waals surface area contributed by atoms with Crippen molar-refractivity contribution in [2.45, 2.75) is 26.7 Å². The molecule has 2 amide bonds. The summed E-state index contributed by atoms with van der Waals surface area (Å²) in [4.78, 5) is 14.1. The molecule has 0 atom stereocenters. The summed E-state index contributed by atoms with van der Waals surface area (Å²) in [6.07, 6.45) is 2.13. The Kier molecular flexibility index (Phi) is 6.01. The summed E-state index contributed by atoms with van der Waals surface area (Å²) in [5.74, 6) is 0. The molecule has 0 aliphatic rings. The molecule has 0 unspecified atom stereocenters. The molecule has 0 saturated carbocycles. The van der Waals surface area contributed by atoms with Crippen molar-refractivity contribution >= 4 is 11.7 Å². The van der Waals surface area contributed by atoms with E-state index >= 15 is 0 Å². The highest BCUT2D eigenvalue weighted by Crippen LogP contribution is 2.21. The van der Waals surface area contributed by atoms with Gasteiger partial charge in [0.2, 0.25) is 0 Å². The number of carbonyl (C=O) groups is 1. The van der Waals surface area contributed by atoms with Crippen LogP contribution in [0.5, 0.6) is 0 Å². The van der Waals surface area contributed by atoms with Gasteiger partial charge in [-0.3, -0.25) is 0 Å². The van der Waals surface area contributed by atoms with Crippen LogP contribution in [0.3, 0.4) is 0 Å². The smallest absolute Gasteiger partial charge is 0.321 e. The maximum atomic E-state index is 12.2. The number of hydrogen-bond acceptors (Lipinski definition) is 1. The first kappa shape index (κ1) is 16.1. The van der Waals surface area contributed by atoms with Gasteiger partial charge in [-0.15, -0.1) is 0 Å². The summed E-state index contributed by atoms with van der Waals surface area (Å²) in [6.45, 7) is 5.68. The summed E-state index contributed by atoms with van der Waals surface area (Å²) in [5, 5.41) is 2.97. The molecular formula is C19H24N2O. The maximum Gasteiger partial charge on any atom is 0.321 e. The summed E-state index contributed by atoms with van der Waals surface area (Å²) >= 11 is 0. The van der Waals surface area contributed by atoms with Crippen molar-refractivity contribution in [1.29, 1.82) is 0 Å². The Balaban J connectivity index is 2.00. The molecule has 2 aromatic carbocycles. The van der Waals surface area contributed by atoms with Gasteiger partial charge in [-0.1, -0.05) is 55.8 Å². The zero-order valence-electron chi connectivity index (χ0n) is 13.4. The zero-order valence-corrected chi connectivity index (χ0v) is 13.4. The van der Waals surface area contributed by atoms with Crippen LogP contribution < -0.4 is 5.32 Å². The van der Waals surface area contributed by atoms with Crippen LogP contribution in [0.25, 0.3) is 11.1 Å². The van der Waals surface area contributed by atoms with E-state index in [-0.39, 0.29) is 6.03 Å². The van der Waals surface area contributed by atoms with Crippen molar-refractivity contribution in [3.05, 3.63) is 54.6 Å². The minimum absolute atomic E-state index is 0.0246. The Hall–Kier alpha value is -2.29. The van der Waals surface area contributed by atoms with Crippen LogP contribution in [0.15, 0.2) is 54.6 Å². The highest BCUT2D eigenvalue weighted by Gasteiger charge is 2.10. The molecule has 0 aromatic heterocycles. The second-order valence-electron chi connectivity index (χ2n) is 5.31. The second kappa shape index (κ2) is 8.23. The van der Waals surface area contributed by atoms with Gasteiger partial charge in [0.15, 0.2) is 0 Å². The molecule has 1 N–H and O–H groups in total. The number of anilines is 1. The van der Waals surface area contributed by atoms with Gasteiger partial charge < -0.3 is 10.2 Å². The van der Waals surface area contributed by atoms with Crippen molar-refractivity contribution in [3.8, 4) is 11.1 Å². The summed E-state index contributed by atoms with van der Waals surface area (Å²) in [7, 11) is 0. The van der Waals surface area contributed by atoms with Crippen molar-refractivity contribution in [2.75, 3.05) is 18.4 Å². The number of carbonyl (C=O) groups excluding carboxylic acids is 1. The number of urea groups is 1. The Morgan fingerprint density at radius 1 is 0.955 bits per heavy atom. The number of nitrogens with zero attached hydrogens (tertiary/aromatic N) is 1. The molecule has 22 heavy (non-hydrogen) atoms. The number of nitrogens with one attached hydrogen (secondary N) is 1. The molecule has 0 spiro atoms. The quantitative estimate of drug-likeness (QED) is 0.798. The fourth-order valence-corrected chi connectivity index (χ4v) is 2.33. The van der Waals surface area contributed by atoms with E-state index in [9.17, 15) is 4.79 Å². The average Bonchev–Trinajstić information content (AvgIpc) is 2.57. The van der Waals surface area contributed by atoms with Gasteiger partial charge in [0.25, 0.3) is 0 Å². The van der Waals surface area contributed by atoms with Gasteiger partial charge in [-0.2, -0.15) is 0 Å². The molecule has 2 rings (SSSR count). The minimum Gasteiger partial charge on any atom is -0.325 e. The monoisotopic (exact) mass is 296 g/mol. The van der Waals surface area contributed by atoms with E-state index in [1.54, 1.807) is 0 Å². The van der Waals surface area contributed by atoms with E-state index in [1.165, 1.54) is 5.56 Å². The standard InChI is InChI=1S/C19H24N2O/c1-3-5-15-21(4-2)19(22)20-18-13-11-17(12-14-18)16-9-7-6-8-10-16/h6-14H,3-5,15H2,1-2H3,(H,20,22). The largest absolute Gasteiger partial charge is 0.325 e. The van der Waals surface area contributed by atoms with Crippen LogP contribution in [0.4, 0.5) is 10.5 Å². The topological polar surface area (TPSA) is 32.3 Å². The predicted octanol–water partition coefficient (Wildman–Crippen LogP) is 5.01. The van der Waals surface area contributed by atoms with Crippen molar-refractivity contribution in [2.24, 2.45) is 0 Å². The van der Waals surface area contributed by atoms with E-state index in [1.807, 2.05) is 54.3 Å². The lowest BCUT2D eigenvalue weighted by atomic mass is 10.1. The summed E-state index contributed by atoms with van der Waals surface area (Å²) in [5.41, 5.74) is 3.16. The van der Waals surface area contributed by atoms with E-state index < -0.39 is 0 Å². The third-order valence-electron chi connectivity index (χ3n) is 3.69. The molecule has 116 valence electrons. The third kappa shape index (κ3) is 4.35. The molecule has 0 aliphatic carbocycles. The summed E-state index contributed by atoms with van der Waals surface area (Å²) in [6, 6.07) is 18.2. The molecule has 0 aliphatic heterocycles. The average molecular weight is 296 g/mol. The Labute approximate surface area is 133 Å². The number of hydrogen-bond donors (Lipinski definition) is 1. The number of benzene rings is 2. The van der Waals surface area contributed by atoms with Crippen LogP contribution in [0.2, 0.25) is 0 Å². The van der Waals surface area contributed by atoms with E-state index in [0.717, 1.165) is 37.2 Å². The molecular weight excluding hydrogens is 272 g/mol. The van der Waals surface area contributed by atoms with E-state index in [4.69, 9.17) is 0 Å². The van der Waals surface area contributed by atoms with Crippen LogP contribution in [0, 0.1) is 0 Å². The van der Waals surface area contributed by atoms with Gasteiger partial charge in [0, 0.05) is 18.8 Å². The molecule has 0 radical (unpaired) electrons. The highest BCUT2D eigenvalue weighted by molar-refractivity contribution is 5.89. The molecule has 3 heteroatoms. The van der Waals surface area contributed by atoms with Crippen molar-refractivity contribution in [3.63, 3.8) is 0 Å². The fraction of sp³-hybridized carbons (Fsp3) is 0.316. The van der Waals surface area contributed by atoms with Gasteiger partial charge in [0.1, 0.15) is 0 Å². The lowest BCUT2D eigenvalue weighted by molar-refractivity contribution is 0.213. The molecule has 0 heterocycles. The normalized spacial score (nSPS) is 10.3. The molecule has 0 saturated heterocycles. The first-order valence-corrected chi connectivity index (χ1v) is 7.96. The van der Waals surface area contributed by atoms with E-state index in [2.05, 4.69) is 24.4 Å². The van der Waals surface area contributed by atoms with E-state index in [0.29, 0.717) is 0 Å². The predicted molar refractivity (Wildman–Crippen MR) is 93.1 cm³/mol. The van der Waals surface area contributed by atoms with Gasteiger partial charge in [-0.25, -0.2) is 4.79 Å². The molecule has 2 aromatic rings. The van der Waals surface area contributed by atoms with Crippen LogP contribution >= 0.6 is 0 Å². The second-order valence-corrected chi connectivity index (χ2v) is 5.31. The minimum atomic E-state index is -0.0246. The lowest BCUT2D eigenvalue weighted by Gasteiger charge is -2.21. The Bertz CT molecular complexity index is 578. The van der Waals surface area contributed by atoms with Crippen LogP contribution in [-0.4, -0.2) is 24.0 Å². The van der Waals surface area contributed by atoms with Crippen molar-refractivity contribution in [1.82, 2.24) is 4.90 Å². The third-order valence-corrected chi connectivity index (χ3v) is 3.69. The van der Waals surface area contributed by atoms with Crippen LogP contribution in [0.1, 0.15) is 26.7 Å². The number of amides is 2. The fourth-order valence-electron chi connectivity index (χ4n) is 2.33.